The fourth-order valence-electron chi connectivity index (χ4n) is 3.02. The molecule has 1 N–H and O–H groups in total. The van der Waals surface area contributed by atoms with E-state index in [1.54, 1.807) is 0 Å². The summed E-state index contributed by atoms with van der Waals surface area (Å²) in [5, 5.41) is 3.79. The normalized spacial score (nSPS) is 21.3. The van der Waals surface area contributed by atoms with Crippen LogP contribution in [0.1, 0.15) is 31.7 Å². The molecular formula is C17H25BrN2OS. The van der Waals surface area contributed by atoms with Crippen LogP contribution < -0.4 is 5.32 Å². The van der Waals surface area contributed by atoms with Crippen LogP contribution in [0, 0.1) is 6.92 Å². The van der Waals surface area contributed by atoms with Crippen LogP contribution in [0.5, 0.6) is 0 Å². The van der Waals surface area contributed by atoms with Crippen molar-refractivity contribution in [2.75, 3.05) is 24.7 Å². The molecule has 0 heterocycles. The first-order valence-corrected chi connectivity index (χ1v) is 9.71. The molecule has 0 bridgehead atoms. The maximum atomic E-state index is 12.3. The molecule has 5 heteroatoms. The van der Waals surface area contributed by atoms with Crippen LogP contribution in [0.4, 0.5) is 5.69 Å². The van der Waals surface area contributed by atoms with Crippen LogP contribution >= 0.6 is 27.7 Å². The van der Waals surface area contributed by atoms with Crippen molar-refractivity contribution in [2.24, 2.45) is 0 Å². The minimum atomic E-state index is 0.0690. The quantitative estimate of drug-likeness (QED) is 0.793. The van der Waals surface area contributed by atoms with Crippen LogP contribution in [0.25, 0.3) is 0 Å². The standard InChI is InChI=1S/C17H25BrN2OS/c1-4-22-15-7-6-14(10-15)20(3)11-17(21)19-16-8-5-13(18)9-12(16)2/h5,8-9,14-15H,4,6-7,10-11H2,1-3H3,(H,19,21)/t14-,15+/m1/s1. The Kier molecular flexibility index (Phi) is 6.78. The molecule has 1 aliphatic rings. The molecule has 1 fully saturated rings. The van der Waals surface area contributed by atoms with E-state index in [0.717, 1.165) is 21.0 Å². The molecule has 1 aromatic carbocycles. The number of halogens is 1. The number of carbonyl (C=O) groups is 1. The second-order valence-electron chi connectivity index (χ2n) is 5.97. The van der Waals surface area contributed by atoms with Crippen molar-refractivity contribution in [3.63, 3.8) is 0 Å². The van der Waals surface area contributed by atoms with Gasteiger partial charge in [0.15, 0.2) is 0 Å². The lowest BCUT2D eigenvalue weighted by atomic mass is 10.2. The molecule has 0 spiro atoms. The number of thioether (sulfide) groups is 1. The zero-order chi connectivity index (χ0) is 16.1. The molecule has 0 unspecified atom stereocenters. The van der Waals surface area contributed by atoms with E-state index in [-0.39, 0.29) is 5.91 Å². The van der Waals surface area contributed by atoms with Crippen LogP contribution in [-0.4, -0.2) is 41.4 Å². The summed E-state index contributed by atoms with van der Waals surface area (Å²) in [6.45, 7) is 4.69. The Bertz CT molecular complexity index is 523. The number of anilines is 1. The Morgan fingerprint density at radius 2 is 2.23 bits per heavy atom. The van der Waals surface area contributed by atoms with Gasteiger partial charge in [-0.05, 0) is 62.7 Å². The topological polar surface area (TPSA) is 32.3 Å². The van der Waals surface area contributed by atoms with Gasteiger partial charge in [0.05, 0.1) is 6.54 Å². The maximum absolute atomic E-state index is 12.3. The van der Waals surface area contributed by atoms with Crippen LogP contribution in [0.15, 0.2) is 22.7 Å². The molecule has 0 aliphatic heterocycles. The average Bonchev–Trinajstić information content (AvgIpc) is 2.91. The van der Waals surface area contributed by atoms with E-state index in [9.17, 15) is 4.79 Å². The van der Waals surface area contributed by atoms with E-state index in [2.05, 4.69) is 51.9 Å². The Hall–Kier alpha value is -0.520. The smallest absolute Gasteiger partial charge is 0.238 e. The third-order valence-electron chi connectivity index (χ3n) is 4.24. The third-order valence-corrected chi connectivity index (χ3v) is 5.96. The highest BCUT2D eigenvalue weighted by Gasteiger charge is 2.28. The first-order valence-electron chi connectivity index (χ1n) is 7.87. The fraction of sp³-hybridized carbons (Fsp3) is 0.588. The predicted molar refractivity (Wildman–Crippen MR) is 99.7 cm³/mol. The summed E-state index contributed by atoms with van der Waals surface area (Å²) >= 11 is 5.50. The molecule has 0 aromatic heterocycles. The molecule has 122 valence electrons. The molecule has 1 amide bonds. The zero-order valence-corrected chi connectivity index (χ0v) is 16.0. The van der Waals surface area contributed by atoms with Crippen LogP contribution in [0.2, 0.25) is 0 Å². The van der Waals surface area contributed by atoms with Crippen molar-refractivity contribution in [1.29, 1.82) is 0 Å². The molecular weight excluding hydrogens is 360 g/mol. The highest BCUT2D eigenvalue weighted by atomic mass is 79.9. The lowest BCUT2D eigenvalue weighted by Crippen LogP contribution is -2.37. The highest BCUT2D eigenvalue weighted by molar-refractivity contribution is 9.10. The van der Waals surface area contributed by atoms with Gasteiger partial charge in [0.1, 0.15) is 0 Å². The summed E-state index contributed by atoms with van der Waals surface area (Å²) in [5.41, 5.74) is 1.97. The lowest BCUT2D eigenvalue weighted by molar-refractivity contribution is -0.117. The average molecular weight is 385 g/mol. The minimum absolute atomic E-state index is 0.0690. The van der Waals surface area contributed by atoms with Gasteiger partial charge >= 0.3 is 0 Å². The number of carbonyl (C=O) groups excluding carboxylic acids is 1. The molecule has 22 heavy (non-hydrogen) atoms. The zero-order valence-electron chi connectivity index (χ0n) is 13.6. The molecule has 2 atom stereocenters. The van der Waals surface area contributed by atoms with Crippen molar-refractivity contribution in [3.8, 4) is 0 Å². The third kappa shape index (κ3) is 5.00. The van der Waals surface area contributed by atoms with Crippen molar-refractivity contribution in [2.45, 2.75) is 44.4 Å². The molecule has 1 saturated carbocycles. The number of aryl methyl sites for hydroxylation is 1. The summed E-state index contributed by atoms with van der Waals surface area (Å²) in [4.78, 5) is 14.5. The molecule has 0 radical (unpaired) electrons. The van der Waals surface area contributed by atoms with Crippen molar-refractivity contribution < 1.29 is 4.79 Å². The fourth-order valence-corrected chi connectivity index (χ4v) is 4.63. The van der Waals surface area contributed by atoms with Crippen molar-refractivity contribution >= 4 is 39.3 Å². The number of rotatable bonds is 6. The Labute approximate surface area is 146 Å². The molecule has 1 aromatic rings. The molecule has 3 nitrogen and oxygen atoms in total. The highest BCUT2D eigenvalue weighted by Crippen LogP contribution is 2.32. The second kappa shape index (κ2) is 8.37. The summed E-state index contributed by atoms with van der Waals surface area (Å²) < 4.78 is 1.03. The number of amides is 1. The largest absolute Gasteiger partial charge is 0.325 e. The summed E-state index contributed by atoms with van der Waals surface area (Å²) in [6.07, 6.45) is 3.69. The Morgan fingerprint density at radius 1 is 1.45 bits per heavy atom. The number of hydrogen-bond acceptors (Lipinski definition) is 3. The van der Waals surface area contributed by atoms with Crippen molar-refractivity contribution in [3.05, 3.63) is 28.2 Å². The Balaban J connectivity index is 1.84. The summed E-state index contributed by atoms with van der Waals surface area (Å²) in [6, 6.07) is 6.46. The monoisotopic (exact) mass is 384 g/mol. The number of likely N-dealkylation sites (N-methyl/N-ethyl adjacent to an activating group) is 1. The molecule has 0 saturated heterocycles. The van der Waals surface area contributed by atoms with Gasteiger partial charge in [-0.2, -0.15) is 11.8 Å². The number of benzene rings is 1. The Morgan fingerprint density at radius 3 is 2.91 bits per heavy atom. The van der Waals surface area contributed by atoms with Crippen LogP contribution in [0.3, 0.4) is 0 Å². The van der Waals surface area contributed by atoms with Gasteiger partial charge in [0.25, 0.3) is 0 Å². The number of nitrogens with zero attached hydrogens (tertiary/aromatic N) is 1. The summed E-state index contributed by atoms with van der Waals surface area (Å²) in [7, 11) is 2.07. The molecule has 2 rings (SSSR count). The van der Waals surface area contributed by atoms with Gasteiger partial charge in [-0.15, -0.1) is 0 Å². The van der Waals surface area contributed by atoms with E-state index in [1.165, 1.54) is 25.0 Å². The number of hydrogen-bond donors (Lipinski definition) is 1. The van der Waals surface area contributed by atoms with Gasteiger partial charge in [-0.25, -0.2) is 0 Å². The first-order chi connectivity index (χ1) is 10.5. The van der Waals surface area contributed by atoms with Gasteiger partial charge < -0.3 is 5.32 Å². The van der Waals surface area contributed by atoms with E-state index in [4.69, 9.17) is 0 Å². The van der Waals surface area contributed by atoms with Gasteiger partial charge in [-0.3, -0.25) is 9.69 Å². The first kappa shape index (κ1) is 17.8. The van der Waals surface area contributed by atoms with E-state index < -0.39 is 0 Å². The van der Waals surface area contributed by atoms with E-state index >= 15 is 0 Å². The molecule has 1 aliphatic carbocycles. The van der Waals surface area contributed by atoms with Gasteiger partial charge in [-0.1, -0.05) is 22.9 Å². The number of nitrogens with one attached hydrogen (secondary N) is 1. The van der Waals surface area contributed by atoms with Crippen LogP contribution in [-0.2, 0) is 4.79 Å². The van der Waals surface area contributed by atoms with Crippen molar-refractivity contribution in [1.82, 2.24) is 4.90 Å². The summed E-state index contributed by atoms with van der Waals surface area (Å²) in [5.74, 6) is 1.25. The lowest BCUT2D eigenvalue weighted by Gasteiger charge is -2.24. The van der Waals surface area contributed by atoms with E-state index in [0.29, 0.717) is 12.6 Å². The van der Waals surface area contributed by atoms with Gasteiger partial charge in [0.2, 0.25) is 5.91 Å². The van der Waals surface area contributed by atoms with Gasteiger partial charge in [0, 0.05) is 21.5 Å². The predicted octanol–water partition coefficient (Wildman–Crippen LogP) is 4.30. The maximum Gasteiger partial charge on any atom is 0.238 e. The van der Waals surface area contributed by atoms with E-state index in [1.807, 2.05) is 25.1 Å². The SMILES string of the molecule is CCS[C@H]1CC[C@@H](N(C)CC(=O)Nc2ccc(Br)cc2C)C1. The second-order valence-corrected chi connectivity index (χ2v) is 8.46. The minimum Gasteiger partial charge on any atom is -0.325 e.